The Balaban J connectivity index is 1.50. The van der Waals surface area contributed by atoms with Crippen molar-refractivity contribution in [1.82, 2.24) is 30.5 Å². The molecule has 3 N–H and O–H groups in total. The fourth-order valence-corrected chi connectivity index (χ4v) is 3.14. The average Bonchev–Trinajstić information content (AvgIpc) is 2.74. The Morgan fingerprint density at radius 3 is 2.93 bits per heavy atom. The summed E-state index contributed by atoms with van der Waals surface area (Å²) in [5, 5.41) is 8.77. The number of hydrogen-bond donors (Lipinski definition) is 3. The second kappa shape index (κ2) is 8.32. The quantitative estimate of drug-likeness (QED) is 0.734. The molecule has 1 unspecified atom stereocenters. The van der Waals surface area contributed by atoms with E-state index in [2.05, 4.69) is 41.9 Å². The average molecular weight is 381 g/mol. The number of fused-ring (bicyclic) bond motifs is 1. The van der Waals surface area contributed by atoms with Crippen LogP contribution in [0.25, 0.3) is 16.7 Å². The number of aromatic nitrogens is 3. The van der Waals surface area contributed by atoms with E-state index < -0.39 is 0 Å². The number of urea groups is 1. The number of amides is 2. The molecule has 2 aliphatic rings. The van der Waals surface area contributed by atoms with Crippen molar-refractivity contribution in [3.05, 3.63) is 42.4 Å². The number of rotatable bonds is 4. The van der Waals surface area contributed by atoms with Gasteiger partial charge in [0.25, 0.3) is 0 Å². The molecule has 1 atom stereocenters. The molecule has 0 aromatic carbocycles. The van der Waals surface area contributed by atoms with E-state index in [0.29, 0.717) is 23.5 Å². The Hall–Kier alpha value is -3.04. The van der Waals surface area contributed by atoms with Gasteiger partial charge < -0.3 is 15.4 Å². The fourth-order valence-electron chi connectivity index (χ4n) is 3.14. The first-order valence-corrected chi connectivity index (χ1v) is 9.38. The third-order valence-electron chi connectivity index (χ3n) is 4.59. The molecular weight excluding hydrogens is 358 g/mol. The molecule has 1 fully saturated rings. The number of carbonyl (C=O) groups is 1. The number of hydrogen-bond acceptors (Lipinski definition) is 7. The molecule has 2 aromatic heterocycles. The van der Waals surface area contributed by atoms with Gasteiger partial charge in [-0.3, -0.25) is 15.2 Å². The van der Waals surface area contributed by atoms with E-state index >= 15 is 0 Å². The molecule has 28 heavy (non-hydrogen) atoms. The molecule has 9 heteroatoms. The van der Waals surface area contributed by atoms with Crippen LogP contribution in [-0.4, -0.2) is 64.9 Å². The van der Waals surface area contributed by atoms with Gasteiger partial charge in [0, 0.05) is 31.4 Å². The van der Waals surface area contributed by atoms with E-state index in [1.54, 1.807) is 18.3 Å². The summed E-state index contributed by atoms with van der Waals surface area (Å²) in [6.07, 6.45) is 8.00. The van der Waals surface area contributed by atoms with Crippen molar-refractivity contribution in [2.45, 2.75) is 13.1 Å². The fraction of sp³-hybridized carbons (Fsp3) is 0.368. The summed E-state index contributed by atoms with van der Waals surface area (Å²) in [6, 6.07) is 3.20. The number of anilines is 1. The Labute approximate surface area is 162 Å². The lowest BCUT2D eigenvalue weighted by Crippen LogP contribution is -2.48. The van der Waals surface area contributed by atoms with Gasteiger partial charge in [0.15, 0.2) is 5.65 Å². The van der Waals surface area contributed by atoms with Crippen LogP contribution in [-0.2, 0) is 4.74 Å². The highest BCUT2D eigenvalue weighted by molar-refractivity contribution is 5.89. The van der Waals surface area contributed by atoms with Gasteiger partial charge in [-0.05, 0) is 25.1 Å². The van der Waals surface area contributed by atoms with E-state index in [4.69, 9.17) is 4.74 Å². The molecule has 2 aliphatic heterocycles. The van der Waals surface area contributed by atoms with Gasteiger partial charge >= 0.3 is 6.03 Å². The number of nitrogens with zero attached hydrogens (tertiary/aromatic N) is 4. The maximum Gasteiger partial charge on any atom is 0.320 e. The third-order valence-corrected chi connectivity index (χ3v) is 4.59. The van der Waals surface area contributed by atoms with Crippen LogP contribution in [0.2, 0.25) is 0 Å². The summed E-state index contributed by atoms with van der Waals surface area (Å²) in [7, 11) is 0. The predicted molar refractivity (Wildman–Crippen MR) is 106 cm³/mol. The molecule has 0 spiro atoms. The van der Waals surface area contributed by atoms with Crippen molar-refractivity contribution in [2.75, 3.05) is 38.2 Å². The summed E-state index contributed by atoms with van der Waals surface area (Å²) in [5.74, 6) is 0.434. The molecule has 0 aliphatic carbocycles. The van der Waals surface area contributed by atoms with Crippen LogP contribution in [0.15, 0.2) is 36.7 Å². The highest BCUT2D eigenvalue weighted by Crippen LogP contribution is 2.20. The SMILES string of the molecule is CCNC(=O)Nc1ccc2ncc(C3=CNC(N4CCOCC4)C=C3)nc2n1. The van der Waals surface area contributed by atoms with E-state index in [-0.39, 0.29) is 12.2 Å². The predicted octanol–water partition coefficient (Wildman–Crippen LogP) is 1.32. The maximum absolute atomic E-state index is 11.7. The minimum Gasteiger partial charge on any atom is -0.379 e. The van der Waals surface area contributed by atoms with Gasteiger partial charge in [0.05, 0.1) is 31.3 Å². The largest absolute Gasteiger partial charge is 0.379 e. The van der Waals surface area contributed by atoms with Crippen LogP contribution in [0.3, 0.4) is 0 Å². The lowest BCUT2D eigenvalue weighted by Gasteiger charge is -2.34. The molecule has 0 radical (unpaired) electrons. The van der Waals surface area contributed by atoms with Crippen LogP contribution < -0.4 is 16.0 Å². The molecule has 146 valence electrons. The number of allylic oxidation sites excluding steroid dienone is 2. The van der Waals surface area contributed by atoms with Gasteiger partial charge in [0.1, 0.15) is 11.3 Å². The highest BCUT2D eigenvalue weighted by atomic mass is 16.5. The lowest BCUT2D eigenvalue weighted by molar-refractivity contribution is 0.0218. The number of dihydropyridines is 1. The molecule has 4 heterocycles. The van der Waals surface area contributed by atoms with Crippen LogP contribution in [0, 0.1) is 0 Å². The van der Waals surface area contributed by atoms with E-state index in [1.165, 1.54) is 0 Å². The number of morpholine rings is 1. The molecule has 2 amide bonds. The van der Waals surface area contributed by atoms with Crippen molar-refractivity contribution in [3.8, 4) is 0 Å². The van der Waals surface area contributed by atoms with Gasteiger partial charge in [-0.2, -0.15) is 0 Å². The lowest BCUT2D eigenvalue weighted by atomic mass is 10.1. The van der Waals surface area contributed by atoms with E-state index in [9.17, 15) is 4.79 Å². The van der Waals surface area contributed by atoms with E-state index in [0.717, 1.165) is 37.6 Å². The zero-order valence-electron chi connectivity index (χ0n) is 15.7. The van der Waals surface area contributed by atoms with Crippen LogP contribution in [0.5, 0.6) is 0 Å². The topological polar surface area (TPSA) is 104 Å². The number of nitrogens with one attached hydrogen (secondary N) is 3. The summed E-state index contributed by atoms with van der Waals surface area (Å²) in [5.41, 5.74) is 2.81. The van der Waals surface area contributed by atoms with E-state index in [1.807, 2.05) is 19.2 Å². The number of ether oxygens (including phenoxy) is 1. The maximum atomic E-state index is 11.7. The Morgan fingerprint density at radius 1 is 1.32 bits per heavy atom. The zero-order valence-corrected chi connectivity index (χ0v) is 15.7. The van der Waals surface area contributed by atoms with Crippen molar-refractivity contribution in [2.24, 2.45) is 0 Å². The Bertz CT molecular complexity index is 922. The first-order valence-electron chi connectivity index (χ1n) is 9.38. The number of carbonyl (C=O) groups excluding carboxylic acids is 1. The molecule has 2 aromatic rings. The monoisotopic (exact) mass is 381 g/mol. The molecule has 0 saturated carbocycles. The zero-order chi connectivity index (χ0) is 19.3. The molecular formula is C19H23N7O2. The third kappa shape index (κ3) is 4.10. The van der Waals surface area contributed by atoms with Crippen LogP contribution in [0.4, 0.5) is 10.6 Å². The summed E-state index contributed by atoms with van der Waals surface area (Å²) >= 11 is 0. The minimum atomic E-state index is -0.297. The van der Waals surface area contributed by atoms with Crippen LogP contribution in [0.1, 0.15) is 12.6 Å². The minimum absolute atomic E-state index is 0.159. The smallest absolute Gasteiger partial charge is 0.320 e. The van der Waals surface area contributed by atoms with Crippen molar-refractivity contribution in [3.63, 3.8) is 0 Å². The Morgan fingerprint density at radius 2 is 2.18 bits per heavy atom. The summed E-state index contributed by atoms with van der Waals surface area (Å²) < 4.78 is 5.40. The van der Waals surface area contributed by atoms with Gasteiger partial charge in [0.2, 0.25) is 0 Å². The van der Waals surface area contributed by atoms with Gasteiger partial charge in [-0.15, -0.1) is 0 Å². The van der Waals surface area contributed by atoms with Crippen LogP contribution >= 0.6 is 0 Å². The molecule has 0 bridgehead atoms. The van der Waals surface area contributed by atoms with Gasteiger partial charge in [-0.25, -0.2) is 14.8 Å². The molecule has 1 saturated heterocycles. The normalized spacial score (nSPS) is 19.8. The standard InChI is InChI=1S/C19H23N7O2/c1-2-20-19(27)25-16-5-4-14-18(24-16)23-15(12-21-14)13-3-6-17(22-11-13)26-7-9-28-10-8-26/h3-6,11-12,17,22H,2,7-10H2,1H3,(H2,20,23,24,25,27). The second-order valence-electron chi connectivity index (χ2n) is 6.50. The summed E-state index contributed by atoms with van der Waals surface area (Å²) in [6.45, 7) is 5.74. The second-order valence-corrected chi connectivity index (χ2v) is 6.50. The molecule has 9 nitrogen and oxygen atoms in total. The summed E-state index contributed by atoms with van der Waals surface area (Å²) in [4.78, 5) is 27.5. The first kappa shape index (κ1) is 18.3. The van der Waals surface area contributed by atoms with Gasteiger partial charge in [-0.1, -0.05) is 6.08 Å². The van der Waals surface area contributed by atoms with Crippen molar-refractivity contribution in [1.29, 1.82) is 0 Å². The van der Waals surface area contributed by atoms with Crippen molar-refractivity contribution >= 4 is 28.6 Å². The highest BCUT2D eigenvalue weighted by Gasteiger charge is 2.20. The molecule has 4 rings (SSSR count). The first-order chi connectivity index (χ1) is 13.7. The number of pyridine rings is 1. The Kier molecular flexibility index (Phi) is 5.45. The van der Waals surface area contributed by atoms with Crippen molar-refractivity contribution < 1.29 is 9.53 Å².